The normalized spacial score (nSPS) is 12.8. The van der Waals surface area contributed by atoms with Gasteiger partial charge < -0.3 is 0 Å². The molecule has 0 atom stereocenters. The van der Waals surface area contributed by atoms with Crippen LogP contribution in [0.1, 0.15) is 41.5 Å². The molecule has 0 saturated heterocycles. The molecule has 0 N–H and O–H groups in total. The summed E-state index contributed by atoms with van der Waals surface area (Å²) >= 11 is 2.74. The first-order chi connectivity index (χ1) is 9.43. The predicted molar refractivity (Wildman–Crippen MR) is 91.8 cm³/mol. The molecule has 0 aromatic rings. The Labute approximate surface area is 136 Å². The van der Waals surface area contributed by atoms with E-state index in [1.807, 2.05) is 34.0 Å². The fraction of sp³-hybridized carbons (Fsp3) is 0.786. The van der Waals surface area contributed by atoms with Gasteiger partial charge in [-0.05, 0) is 45.9 Å². The first kappa shape index (κ1) is 20.3. The molecule has 0 aromatic carbocycles. The van der Waals surface area contributed by atoms with Crippen LogP contribution in [0.2, 0.25) is 0 Å². The number of carbonyl (C=O) groups is 2. The van der Waals surface area contributed by atoms with E-state index in [0.717, 1.165) is 11.9 Å². The highest BCUT2D eigenvalue weighted by atomic mass is 32.2. The highest BCUT2D eigenvalue weighted by Gasteiger charge is 2.33. The summed E-state index contributed by atoms with van der Waals surface area (Å²) in [6, 6.07) is 0. The van der Waals surface area contributed by atoms with Crippen LogP contribution in [0.3, 0.4) is 0 Å². The molecule has 0 aliphatic carbocycles. The second-order valence-corrected chi connectivity index (χ2v) is 9.23. The highest BCUT2D eigenvalue weighted by Crippen LogP contribution is 2.31. The van der Waals surface area contributed by atoms with Crippen LogP contribution in [0.15, 0.2) is 5.16 Å². The van der Waals surface area contributed by atoms with Crippen molar-refractivity contribution in [2.24, 2.45) is 11.1 Å². The lowest BCUT2D eigenvalue weighted by atomic mass is 9.98. The van der Waals surface area contributed by atoms with Crippen molar-refractivity contribution < 1.29 is 14.4 Å². The van der Waals surface area contributed by atoms with Crippen LogP contribution in [0.5, 0.6) is 0 Å². The molecule has 0 aliphatic rings. The molecule has 21 heavy (non-hydrogen) atoms. The van der Waals surface area contributed by atoms with Gasteiger partial charge in [0.25, 0.3) is 0 Å². The smallest absolute Gasteiger partial charge is 0.298 e. The van der Waals surface area contributed by atoms with Gasteiger partial charge in [-0.1, -0.05) is 19.0 Å². The minimum absolute atomic E-state index is 0.0826. The van der Waals surface area contributed by atoms with Crippen LogP contribution in [-0.2, 0) is 9.63 Å². The third-order valence-electron chi connectivity index (χ3n) is 2.76. The maximum atomic E-state index is 12.1. The first-order valence-corrected chi connectivity index (χ1v) is 8.70. The summed E-state index contributed by atoms with van der Waals surface area (Å²) in [5.74, 6) is -0.00325. The van der Waals surface area contributed by atoms with E-state index in [-0.39, 0.29) is 16.4 Å². The first-order valence-electron chi connectivity index (χ1n) is 6.71. The minimum Gasteiger partial charge on any atom is -0.298 e. The van der Waals surface area contributed by atoms with Crippen molar-refractivity contribution in [2.45, 2.75) is 51.0 Å². The average molecular weight is 335 g/mol. The Morgan fingerprint density at radius 1 is 1.24 bits per heavy atom. The van der Waals surface area contributed by atoms with E-state index in [1.165, 1.54) is 4.31 Å². The van der Waals surface area contributed by atoms with Gasteiger partial charge in [-0.3, -0.25) is 13.9 Å². The molecule has 0 rings (SSSR count). The van der Waals surface area contributed by atoms with E-state index in [0.29, 0.717) is 0 Å². The lowest BCUT2D eigenvalue weighted by Crippen LogP contribution is -2.36. The number of nitrogens with zero attached hydrogens (tertiary/aromatic N) is 2. The number of carbonyl (C=O) groups excluding carboxylic acids is 2. The summed E-state index contributed by atoms with van der Waals surface area (Å²) in [6.45, 7) is 11.2. The van der Waals surface area contributed by atoms with Crippen LogP contribution in [0, 0.1) is 5.92 Å². The van der Waals surface area contributed by atoms with Gasteiger partial charge in [0.1, 0.15) is 0 Å². The number of Topliss-reactive ketones (excluding diaryl/α,β-unsaturated/α-hetero) is 1. The van der Waals surface area contributed by atoms with Gasteiger partial charge in [-0.15, -0.1) is 0 Å². The van der Waals surface area contributed by atoms with Crippen LogP contribution in [-0.4, -0.2) is 45.2 Å². The van der Waals surface area contributed by atoms with Crippen molar-refractivity contribution in [1.82, 2.24) is 4.31 Å². The molecule has 7 heteroatoms. The maximum Gasteiger partial charge on any atom is 0.445 e. The Kier molecular flexibility index (Phi) is 7.81. The fourth-order valence-corrected chi connectivity index (χ4v) is 2.69. The largest absolute Gasteiger partial charge is 0.445 e. The van der Waals surface area contributed by atoms with E-state index in [4.69, 9.17) is 4.84 Å². The van der Waals surface area contributed by atoms with Gasteiger partial charge in [-0.2, -0.15) is 11.8 Å². The van der Waals surface area contributed by atoms with Crippen LogP contribution >= 0.6 is 23.7 Å². The number of hydrogen-bond donors (Lipinski definition) is 0. The Morgan fingerprint density at radius 3 is 2.19 bits per heavy atom. The molecule has 5 nitrogen and oxygen atoms in total. The Balaban J connectivity index is 4.57. The average Bonchev–Trinajstić information content (AvgIpc) is 2.36. The van der Waals surface area contributed by atoms with Crippen LogP contribution < -0.4 is 0 Å². The van der Waals surface area contributed by atoms with Crippen LogP contribution in [0.25, 0.3) is 0 Å². The summed E-state index contributed by atoms with van der Waals surface area (Å²) in [5.41, 5.74) is 0. The quantitative estimate of drug-likeness (QED) is 0.306. The van der Waals surface area contributed by atoms with Gasteiger partial charge in [-0.25, -0.2) is 4.79 Å². The Bertz CT molecular complexity index is 407. The topological polar surface area (TPSA) is 59.0 Å². The molecule has 1 amide bonds. The summed E-state index contributed by atoms with van der Waals surface area (Å²) in [5, 5.41) is 3.71. The van der Waals surface area contributed by atoms with E-state index in [9.17, 15) is 9.59 Å². The minimum atomic E-state index is -0.690. The molecule has 0 spiro atoms. The SMILES string of the molecule is CSC(C)(C)C=NOC(=O)N(C)SC(C)(C)C(=O)C(C)C. The van der Waals surface area contributed by atoms with Gasteiger partial charge in [0.05, 0.1) is 11.0 Å². The second kappa shape index (κ2) is 8.08. The molecule has 122 valence electrons. The number of amides is 1. The molecule has 0 bridgehead atoms. The molecule has 0 aromatic heterocycles. The monoisotopic (exact) mass is 334 g/mol. The molecule has 0 heterocycles. The fourth-order valence-electron chi connectivity index (χ4n) is 1.43. The molecule has 0 radical (unpaired) electrons. The van der Waals surface area contributed by atoms with Crippen molar-refractivity contribution in [1.29, 1.82) is 0 Å². The summed E-state index contributed by atoms with van der Waals surface area (Å²) in [4.78, 5) is 28.8. The van der Waals surface area contributed by atoms with Crippen molar-refractivity contribution in [3.8, 4) is 0 Å². The maximum absolute atomic E-state index is 12.1. The lowest BCUT2D eigenvalue weighted by Gasteiger charge is -2.28. The summed E-state index contributed by atoms with van der Waals surface area (Å²) in [6.07, 6.45) is 2.94. The van der Waals surface area contributed by atoms with E-state index < -0.39 is 10.8 Å². The van der Waals surface area contributed by atoms with Crippen LogP contribution in [0.4, 0.5) is 4.79 Å². The second-order valence-electron chi connectivity index (χ2n) is 6.02. The van der Waals surface area contributed by atoms with Crippen molar-refractivity contribution in [3.63, 3.8) is 0 Å². The summed E-state index contributed by atoms with van der Waals surface area (Å²) in [7, 11) is 1.57. The number of hydrogen-bond acceptors (Lipinski definition) is 6. The van der Waals surface area contributed by atoms with E-state index >= 15 is 0 Å². The lowest BCUT2D eigenvalue weighted by molar-refractivity contribution is -0.123. The van der Waals surface area contributed by atoms with Gasteiger partial charge >= 0.3 is 6.09 Å². The number of ketones is 1. The summed E-state index contributed by atoms with van der Waals surface area (Å²) < 4.78 is 0.409. The molecule has 0 saturated carbocycles. The third kappa shape index (κ3) is 7.22. The van der Waals surface area contributed by atoms with Crippen molar-refractivity contribution in [3.05, 3.63) is 0 Å². The van der Waals surface area contributed by atoms with Crippen molar-refractivity contribution in [2.75, 3.05) is 13.3 Å². The molecular formula is C14H26N2O3S2. The number of rotatable bonds is 7. The zero-order valence-electron chi connectivity index (χ0n) is 14.1. The molecular weight excluding hydrogens is 308 g/mol. The third-order valence-corrected chi connectivity index (χ3v) is 5.00. The Hall–Kier alpha value is -0.690. The molecule has 0 fully saturated rings. The van der Waals surface area contributed by atoms with Gasteiger partial charge in [0.2, 0.25) is 0 Å². The van der Waals surface area contributed by atoms with Crippen molar-refractivity contribution >= 4 is 41.8 Å². The molecule has 0 unspecified atom stereocenters. The van der Waals surface area contributed by atoms with Gasteiger partial charge in [0, 0.05) is 17.7 Å². The Morgan fingerprint density at radius 2 is 1.76 bits per heavy atom. The van der Waals surface area contributed by atoms with Gasteiger partial charge in [0.15, 0.2) is 5.78 Å². The van der Waals surface area contributed by atoms with E-state index in [2.05, 4.69) is 5.16 Å². The zero-order valence-corrected chi connectivity index (χ0v) is 15.7. The zero-order chi connectivity index (χ0) is 16.8. The highest BCUT2D eigenvalue weighted by molar-refractivity contribution is 8.00. The number of oxime groups is 1. The van der Waals surface area contributed by atoms with E-state index in [1.54, 1.807) is 38.9 Å². The predicted octanol–water partition coefficient (Wildman–Crippen LogP) is 3.83. The molecule has 0 aliphatic heterocycles. The standard InChI is InChI=1S/C14H26N2O3S2/c1-10(2)11(17)14(5,6)21-16(7)12(18)19-15-9-13(3,4)20-8/h9-10H,1-8H3. The number of thioether (sulfide) groups is 1.